The minimum atomic E-state index is -0.930. The molecule has 15 nitrogen and oxygen atoms in total. The number of carbonyl (C=O) groups is 4. The average Bonchev–Trinajstić information content (AvgIpc) is 3.38. The van der Waals surface area contributed by atoms with Gasteiger partial charge in [0, 0.05) is 18.3 Å². The summed E-state index contributed by atoms with van der Waals surface area (Å²) in [5.74, 6) is -2.79. The third-order valence-corrected chi connectivity index (χ3v) is 8.48. The van der Waals surface area contributed by atoms with Crippen LogP contribution in [0.2, 0.25) is 0 Å². The highest BCUT2D eigenvalue weighted by molar-refractivity contribution is 5.98. The number of nitrogens with one attached hydrogen (secondary N) is 3. The Balaban J connectivity index is 1.16. The van der Waals surface area contributed by atoms with E-state index in [4.69, 9.17) is 4.74 Å². The lowest BCUT2D eigenvalue weighted by molar-refractivity contribution is -0.136. The van der Waals surface area contributed by atoms with Crippen molar-refractivity contribution in [3.05, 3.63) is 56.7 Å². The minimum absolute atomic E-state index is 0.0694. The molecule has 2 aromatic heterocycles. The van der Waals surface area contributed by atoms with Crippen molar-refractivity contribution < 1.29 is 28.4 Å². The Hall–Kier alpha value is -4.95. The molecule has 3 aromatic rings. The van der Waals surface area contributed by atoms with E-state index >= 15 is 0 Å². The molecule has 0 radical (unpaired) electrons. The molecule has 41 heavy (non-hydrogen) atoms. The fourth-order valence-corrected chi connectivity index (χ4v) is 5.95. The van der Waals surface area contributed by atoms with Gasteiger partial charge in [-0.15, -0.1) is 4.91 Å². The summed E-state index contributed by atoms with van der Waals surface area (Å²) in [5.41, 5.74) is -0.0980. The summed E-state index contributed by atoms with van der Waals surface area (Å²) in [6, 6.07) is 6.27. The minimum Gasteiger partial charge on any atom is -0.482 e. The van der Waals surface area contributed by atoms with Crippen LogP contribution in [0.25, 0.3) is 5.78 Å². The van der Waals surface area contributed by atoms with Crippen LogP contribution in [-0.2, 0) is 16.1 Å². The largest absolute Gasteiger partial charge is 0.482 e. The number of anilines is 1. The SMILES string of the molecule is O=NC(=O)C12CCC(CNC(=O)c3cc(C(=O)NCc4ccc5c(c4)NC(=O)CO5)nc4noc(=O)n34)(CC1)CC2. The van der Waals surface area contributed by atoms with Crippen LogP contribution in [0.1, 0.15) is 65.1 Å². The van der Waals surface area contributed by atoms with Gasteiger partial charge >= 0.3 is 5.76 Å². The highest BCUT2D eigenvalue weighted by Crippen LogP contribution is 2.57. The quantitative estimate of drug-likeness (QED) is 0.352. The maximum absolute atomic E-state index is 13.3. The summed E-state index contributed by atoms with van der Waals surface area (Å²) in [6.45, 7) is 0.294. The van der Waals surface area contributed by atoms with Gasteiger partial charge in [-0.1, -0.05) is 6.07 Å². The lowest BCUT2D eigenvalue weighted by Gasteiger charge is -2.51. The van der Waals surface area contributed by atoms with Crippen LogP contribution in [0.3, 0.4) is 0 Å². The van der Waals surface area contributed by atoms with Crippen molar-refractivity contribution in [2.75, 3.05) is 18.5 Å². The Bertz CT molecular complexity index is 1650. The molecule has 0 unspecified atom stereocenters. The van der Waals surface area contributed by atoms with Crippen molar-refractivity contribution in [3.8, 4) is 5.75 Å². The number of benzene rings is 1. The summed E-state index contributed by atoms with van der Waals surface area (Å²) in [7, 11) is 0. The van der Waals surface area contributed by atoms with Gasteiger partial charge in [0.05, 0.1) is 11.1 Å². The first kappa shape index (κ1) is 26.3. The lowest BCUT2D eigenvalue weighted by Crippen LogP contribution is -2.50. The molecule has 0 saturated heterocycles. The normalized spacial score (nSPS) is 22.8. The highest BCUT2D eigenvalue weighted by atomic mass is 16.5. The number of carbonyl (C=O) groups excluding carboxylic acids is 4. The molecule has 3 N–H and O–H groups in total. The number of nitrogens with zero attached hydrogens (tertiary/aromatic N) is 4. The number of hydrogen-bond donors (Lipinski definition) is 3. The van der Waals surface area contributed by atoms with E-state index in [1.54, 1.807) is 18.2 Å². The standard InChI is InChI=1S/C26H25N7O8/c34-19-12-40-18-2-1-14(9-15(18)29-19)11-27-20(35)16-10-17(33-23(30-16)32-41-24(33)38)21(36)28-13-25-3-6-26(7-4-25,8-5-25)22(37)31-39/h1-2,9-10H,3-8,11-13H2,(H,27,35)(H,28,36)(H,29,34). The first-order valence-corrected chi connectivity index (χ1v) is 13.1. The van der Waals surface area contributed by atoms with Crippen molar-refractivity contribution in [1.29, 1.82) is 0 Å². The van der Waals surface area contributed by atoms with E-state index in [2.05, 4.69) is 35.8 Å². The average molecular weight is 564 g/mol. The molecule has 1 aliphatic heterocycles. The Labute approximate surface area is 231 Å². The molecule has 15 heteroatoms. The van der Waals surface area contributed by atoms with Gasteiger partial charge in [-0.3, -0.25) is 23.7 Å². The Morgan fingerprint density at radius 2 is 1.78 bits per heavy atom. The van der Waals surface area contributed by atoms with Crippen LogP contribution in [0.15, 0.2) is 38.8 Å². The van der Waals surface area contributed by atoms with Crippen LogP contribution in [-0.4, -0.2) is 51.3 Å². The van der Waals surface area contributed by atoms with Crippen molar-refractivity contribution >= 4 is 35.1 Å². The van der Waals surface area contributed by atoms with Crippen LogP contribution in [0.5, 0.6) is 5.75 Å². The van der Waals surface area contributed by atoms with E-state index in [9.17, 15) is 28.9 Å². The van der Waals surface area contributed by atoms with Crippen molar-refractivity contribution in [3.63, 3.8) is 0 Å². The molecule has 4 aliphatic rings. The smallest absolute Gasteiger partial charge is 0.448 e. The predicted molar refractivity (Wildman–Crippen MR) is 139 cm³/mol. The molecule has 2 bridgehead atoms. The Kier molecular flexibility index (Phi) is 6.35. The molecule has 4 amide bonds. The number of hydrogen-bond acceptors (Lipinski definition) is 10. The summed E-state index contributed by atoms with van der Waals surface area (Å²) in [4.78, 5) is 77.2. The van der Waals surface area contributed by atoms with Gasteiger partial charge in [-0.25, -0.2) is 14.2 Å². The van der Waals surface area contributed by atoms with Crippen LogP contribution in [0.4, 0.5) is 5.69 Å². The monoisotopic (exact) mass is 563 g/mol. The zero-order valence-electron chi connectivity index (χ0n) is 21.7. The van der Waals surface area contributed by atoms with Gasteiger partial charge in [-0.05, 0) is 72.9 Å². The number of amides is 4. The molecule has 7 rings (SSSR count). The Morgan fingerprint density at radius 3 is 2.51 bits per heavy atom. The fraction of sp³-hybridized carbons (Fsp3) is 0.423. The maximum Gasteiger partial charge on any atom is 0.448 e. The van der Waals surface area contributed by atoms with Gasteiger partial charge in [0.15, 0.2) is 6.61 Å². The van der Waals surface area contributed by atoms with Crippen molar-refractivity contribution in [1.82, 2.24) is 25.2 Å². The van der Waals surface area contributed by atoms with Gasteiger partial charge in [0.1, 0.15) is 17.1 Å². The maximum atomic E-state index is 13.3. The lowest BCUT2D eigenvalue weighted by atomic mass is 9.53. The number of nitroso groups, excluding NO2 is 1. The molecule has 3 aliphatic carbocycles. The molecular weight excluding hydrogens is 538 g/mol. The first-order valence-electron chi connectivity index (χ1n) is 13.1. The molecule has 3 heterocycles. The van der Waals surface area contributed by atoms with Gasteiger partial charge in [-0.2, -0.15) is 0 Å². The number of rotatable bonds is 7. The topological polar surface area (TPSA) is 203 Å². The predicted octanol–water partition coefficient (Wildman–Crippen LogP) is 1.31. The molecule has 212 valence electrons. The van der Waals surface area contributed by atoms with E-state index < -0.39 is 28.9 Å². The van der Waals surface area contributed by atoms with Gasteiger partial charge < -0.3 is 20.7 Å². The van der Waals surface area contributed by atoms with Crippen LogP contribution in [0, 0.1) is 15.7 Å². The number of fused-ring (bicyclic) bond motifs is 5. The van der Waals surface area contributed by atoms with E-state index in [1.165, 1.54) is 6.07 Å². The molecular formula is C26H25N7O8. The second-order valence-electron chi connectivity index (χ2n) is 10.8. The third kappa shape index (κ3) is 4.72. The van der Waals surface area contributed by atoms with Crippen molar-refractivity contribution in [2.45, 2.75) is 45.1 Å². The van der Waals surface area contributed by atoms with E-state index in [0.29, 0.717) is 55.5 Å². The Morgan fingerprint density at radius 1 is 1.02 bits per heavy atom. The highest BCUT2D eigenvalue weighted by Gasteiger charge is 2.52. The van der Waals surface area contributed by atoms with E-state index in [-0.39, 0.29) is 48.2 Å². The number of aromatic nitrogens is 3. The van der Waals surface area contributed by atoms with Crippen LogP contribution < -0.4 is 26.4 Å². The third-order valence-electron chi connectivity index (χ3n) is 8.48. The van der Waals surface area contributed by atoms with Gasteiger partial charge in [0.25, 0.3) is 29.4 Å². The van der Waals surface area contributed by atoms with E-state index in [1.807, 2.05) is 0 Å². The second kappa shape index (κ2) is 9.91. The van der Waals surface area contributed by atoms with E-state index in [0.717, 1.165) is 4.40 Å². The summed E-state index contributed by atoms with van der Waals surface area (Å²) < 4.78 is 10.9. The van der Waals surface area contributed by atoms with Crippen LogP contribution >= 0.6 is 0 Å². The molecule has 3 saturated carbocycles. The molecule has 0 spiro atoms. The molecule has 0 atom stereocenters. The first-order chi connectivity index (χ1) is 19.7. The summed E-state index contributed by atoms with van der Waals surface area (Å²) in [5, 5.41) is 14.5. The summed E-state index contributed by atoms with van der Waals surface area (Å²) in [6.07, 6.45) is 3.56. The molecule has 3 fully saturated rings. The van der Waals surface area contributed by atoms with Crippen molar-refractivity contribution in [2.24, 2.45) is 16.0 Å². The number of ether oxygens (including phenoxy) is 1. The zero-order chi connectivity index (χ0) is 28.8. The molecule has 1 aromatic carbocycles. The van der Waals surface area contributed by atoms with Gasteiger partial charge in [0.2, 0.25) is 0 Å². The zero-order valence-corrected chi connectivity index (χ0v) is 21.7. The second-order valence-corrected chi connectivity index (χ2v) is 10.8. The summed E-state index contributed by atoms with van der Waals surface area (Å²) >= 11 is 0. The fourth-order valence-electron chi connectivity index (χ4n) is 5.95.